The van der Waals surface area contributed by atoms with Crippen LogP contribution in [0.1, 0.15) is 41.0 Å². The third-order valence-corrected chi connectivity index (χ3v) is 2.79. The molecule has 2 unspecified atom stereocenters. The zero-order chi connectivity index (χ0) is 11.1. The number of nitrogens with one attached hydrogen (secondary N) is 1. The van der Waals surface area contributed by atoms with Crippen LogP contribution in [0.2, 0.25) is 0 Å². The van der Waals surface area contributed by atoms with E-state index in [1.165, 1.54) is 0 Å². The Hall–Kier alpha value is -0.0800. The molecule has 0 radical (unpaired) electrons. The Balaban J connectivity index is 3.44. The predicted molar refractivity (Wildman–Crippen MR) is 64.3 cm³/mol. The van der Waals surface area contributed by atoms with E-state index in [4.69, 9.17) is 5.73 Å². The van der Waals surface area contributed by atoms with Crippen LogP contribution in [0.25, 0.3) is 0 Å². The molecule has 0 fully saturated rings. The lowest BCUT2D eigenvalue weighted by Gasteiger charge is -2.19. The molecule has 2 atom stereocenters. The van der Waals surface area contributed by atoms with E-state index in [0.29, 0.717) is 12.0 Å². The van der Waals surface area contributed by atoms with Crippen LogP contribution >= 0.6 is 0 Å². The van der Waals surface area contributed by atoms with E-state index in [1.54, 1.807) is 0 Å². The first kappa shape index (κ1) is 13.9. The minimum absolute atomic E-state index is 0.314. The van der Waals surface area contributed by atoms with Gasteiger partial charge in [-0.15, -0.1) is 0 Å². The molecule has 0 amide bonds. The minimum atomic E-state index is 0.314. The minimum Gasteiger partial charge on any atom is -0.327 e. The summed E-state index contributed by atoms with van der Waals surface area (Å²) in [4.78, 5) is 0. The fourth-order valence-corrected chi connectivity index (χ4v) is 1.42. The highest BCUT2D eigenvalue weighted by atomic mass is 14.9. The lowest BCUT2D eigenvalue weighted by molar-refractivity contribution is 0.377. The second-order valence-corrected chi connectivity index (χ2v) is 5.27. The van der Waals surface area contributed by atoms with Crippen molar-refractivity contribution in [2.75, 3.05) is 13.1 Å². The Kier molecular flexibility index (Phi) is 7.20. The highest BCUT2D eigenvalue weighted by Crippen LogP contribution is 2.07. The summed E-state index contributed by atoms with van der Waals surface area (Å²) < 4.78 is 0. The van der Waals surface area contributed by atoms with Gasteiger partial charge in [0.05, 0.1) is 0 Å². The molecule has 0 aromatic carbocycles. The van der Waals surface area contributed by atoms with E-state index >= 15 is 0 Å². The first-order valence-corrected chi connectivity index (χ1v) is 5.89. The molecule has 3 N–H and O–H groups in total. The van der Waals surface area contributed by atoms with Gasteiger partial charge in [0, 0.05) is 12.6 Å². The summed E-state index contributed by atoms with van der Waals surface area (Å²) in [6.45, 7) is 13.3. The third kappa shape index (κ3) is 7.34. The molecule has 0 heterocycles. The molecular formula is C12H28N2. The van der Waals surface area contributed by atoms with Gasteiger partial charge in [-0.3, -0.25) is 0 Å². The molecular weight excluding hydrogens is 172 g/mol. The van der Waals surface area contributed by atoms with Crippen molar-refractivity contribution in [2.24, 2.45) is 23.5 Å². The van der Waals surface area contributed by atoms with Crippen molar-refractivity contribution in [2.45, 2.75) is 47.1 Å². The smallest absolute Gasteiger partial charge is 0.0167 e. The zero-order valence-electron chi connectivity index (χ0n) is 10.5. The molecule has 0 aromatic heterocycles. The normalized spacial score (nSPS) is 16.3. The van der Waals surface area contributed by atoms with E-state index in [9.17, 15) is 0 Å². The molecule has 0 bridgehead atoms. The number of rotatable bonds is 7. The van der Waals surface area contributed by atoms with E-state index in [-0.39, 0.29) is 0 Å². The van der Waals surface area contributed by atoms with Gasteiger partial charge in [-0.1, -0.05) is 34.6 Å². The fraction of sp³-hybridized carbons (Fsp3) is 1.00. The summed E-state index contributed by atoms with van der Waals surface area (Å²) in [6, 6.07) is 0.314. The van der Waals surface area contributed by atoms with Crippen molar-refractivity contribution in [1.29, 1.82) is 0 Å². The molecule has 2 nitrogen and oxygen atoms in total. The molecule has 0 saturated carbocycles. The molecule has 0 rings (SSSR count). The summed E-state index contributed by atoms with van der Waals surface area (Å²) in [5.41, 5.74) is 5.97. The van der Waals surface area contributed by atoms with Gasteiger partial charge in [-0.05, 0) is 30.7 Å². The van der Waals surface area contributed by atoms with Gasteiger partial charge in [0.1, 0.15) is 0 Å². The van der Waals surface area contributed by atoms with Crippen LogP contribution in [-0.2, 0) is 0 Å². The summed E-state index contributed by atoms with van der Waals surface area (Å²) in [5.74, 6) is 2.19. The number of hydrogen-bond acceptors (Lipinski definition) is 2. The summed E-state index contributed by atoms with van der Waals surface area (Å²) >= 11 is 0. The van der Waals surface area contributed by atoms with Gasteiger partial charge in [0.25, 0.3) is 0 Å². The third-order valence-electron chi connectivity index (χ3n) is 2.79. The number of hydrogen-bond donors (Lipinski definition) is 2. The second kappa shape index (κ2) is 7.24. The Morgan fingerprint density at radius 1 is 1.00 bits per heavy atom. The number of nitrogens with two attached hydrogens (primary N) is 1. The Bertz CT molecular complexity index is 132. The van der Waals surface area contributed by atoms with Crippen LogP contribution in [0, 0.1) is 17.8 Å². The standard InChI is InChI=1S/C12H28N2/c1-9(2)6-12(13)8-14-7-11(5)10(3)4/h9-12,14H,6-8,13H2,1-5H3. The van der Waals surface area contributed by atoms with Crippen molar-refractivity contribution in [3.8, 4) is 0 Å². The van der Waals surface area contributed by atoms with Crippen molar-refractivity contribution in [1.82, 2.24) is 5.32 Å². The van der Waals surface area contributed by atoms with Gasteiger partial charge >= 0.3 is 0 Å². The summed E-state index contributed by atoms with van der Waals surface area (Å²) in [5, 5.41) is 3.45. The molecule has 0 aliphatic heterocycles. The molecule has 0 aliphatic carbocycles. The lowest BCUT2D eigenvalue weighted by atomic mass is 9.98. The average Bonchev–Trinajstić information content (AvgIpc) is 2.02. The van der Waals surface area contributed by atoms with Gasteiger partial charge in [0.2, 0.25) is 0 Å². The SMILES string of the molecule is CC(C)CC(N)CNCC(C)C(C)C. The quantitative estimate of drug-likeness (QED) is 0.661. The van der Waals surface area contributed by atoms with Crippen LogP contribution in [0.5, 0.6) is 0 Å². The molecule has 86 valence electrons. The maximum atomic E-state index is 5.97. The van der Waals surface area contributed by atoms with E-state index in [0.717, 1.165) is 31.3 Å². The van der Waals surface area contributed by atoms with Crippen LogP contribution < -0.4 is 11.1 Å². The van der Waals surface area contributed by atoms with Gasteiger partial charge < -0.3 is 11.1 Å². The van der Waals surface area contributed by atoms with E-state index in [2.05, 4.69) is 39.9 Å². The largest absolute Gasteiger partial charge is 0.327 e. The van der Waals surface area contributed by atoms with Crippen molar-refractivity contribution in [3.63, 3.8) is 0 Å². The van der Waals surface area contributed by atoms with Crippen molar-refractivity contribution < 1.29 is 0 Å². The maximum absolute atomic E-state index is 5.97. The zero-order valence-corrected chi connectivity index (χ0v) is 10.5. The molecule has 0 aliphatic rings. The first-order valence-electron chi connectivity index (χ1n) is 5.89. The second-order valence-electron chi connectivity index (χ2n) is 5.27. The van der Waals surface area contributed by atoms with E-state index < -0.39 is 0 Å². The molecule has 0 saturated heterocycles. The van der Waals surface area contributed by atoms with Gasteiger partial charge in [-0.25, -0.2) is 0 Å². The van der Waals surface area contributed by atoms with Crippen molar-refractivity contribution >= 4 is 0 Å². The Morgan fingerprint density at radius 2 is 1.57 bits per heavy atom. The predicted octanol–water partition coefficient (Wildman–Crippen LogP) is 2.24. The average molecular weight is 200 g/mol. The highest BCUT2D eigenvalue weighted by Gasteiger charge is 2.08. The van der Waals surface area contributed by atoms with Crippen LogP contribution in [0.3, 0.4) is 0 Å². The van der Waals surface area contributed by atoms with Crippen LogP contribution in [0.4, 0.5) is 0 Å². The van der Waals surface area contributed by atoms with Crippen LogP contribution in [0.15, 0.2) is 0 Å². The Morgan fingerprint density at radius 3 is 2.00 bits per heavy atom. The molecule has 2 heteroatoms. The van der Waals surface area contributed by atoms with E-state index in [1.807, 2.05) is 0 Å². The Labute approximate surface area is 89.6 Å². The van der Waals surface area contributed by atoms with Gasteiger partial charge in [0.15, 0.2) is 0 Å². The fourth-order valence-electron chi connectivity index (χ4n) is 1.42. The van der Waals surface area contributed by atoms with Gasteiger partial charge in [-0.2, -0.15) is 0 Å². The monoisotopic (exact) mass is 200 g/mol. The molecule has 0 aromatic rings. The lowest BCUT2D eigenvalue weighted by Crippen LogP contribution is -2.37. The maximum Gasteiger partial charge on any atom is 0.0167 e. The van der Waals surface area contributed by atoms with Crippen LogP contribution in [-0.4, -0.2) is 19.1 Å². The topological polar surface area (TPSA) is 38.0 Å². The first-order chi connectivity index (χ1) is 6.43. The molecule has 14 heavy (non-hydrogen) atoms. The summed E-state index contributed by atoms with van der Waals surface area (Å²) in [6.07, 6.45) is 1.11. The molecule has 0 spiro atoms. The summed E-state index contributed by atoms with van der Waals surface area (Å²) in [7, 11) is 0. The van der Waals surface area contributed by atoms with Crippen molar-refractivity contribution in [3.05, 3.63) is 0 Å². The highest BCUT2D eigenvalue weighted by molar-refractivity contribution is 4.68.